The highest BCUT2D eigenvalue weighted by Crippen LogP contribution is 2.25. The summed E-state index contributed by atoms with van der Waals surface area (Å²) < 4.78 is 0. The van der Waals surface area contributed by atoms with E-state index < -0.39 is 0 Å². The summed E-state index contributed by atoms with van der Waals surface area (Å²) in [4.78, 5) is 4.41. The maximum absolute atomic E-state index is 4.41. The molecule has 0 spiro atoms. The zero-order chi connectivity index (χ0) is 14.5. The zero-order valence-electron chi connectivity index (χ0n) is 11.9. The third-order valence-electron chi connectivity index (χ3n) is 3.58. The highest BCUT2D eigenvalue weighted by molar-refractivity contribution is 7.07. The first-order chi connectivity index (χ1) is 10.3. The molecule has 0 aliphatic heterocycles. The third-order valence-corrected chi connectivity index (χ3v) is 4.18. The van der Waals surface area contributed by atoms with Gasteiger partial charge in [-0.15, -0.1) is 11.3 Å². The molecule has 3 heteroatoms. The van der Waals surface area contributed by atoms with Crippen LogP contribution in [0, 0.1) is 0 Å². The standard InChI is InChI=1S/C18H18N2S/c1-14(17-12-21-13-19-17)20-18(15-8-4-2-5-9-15)16-10-6-3-7-11-16/h2-14,18,20H,1H3. The van der Waals surface area contributed by atoms with Gasteiger partial charge in [-0.25, -0.2) is 4.98 Å². The smallest absolute Gasteiger partial charge is 0.0795 e. The summed E-state index contributed by atoms with van der Waals surface area (Å²) in [7, 11) is 0. The molecule has 21 heavy (non-hydrogen) atoms. The van der Waals surface area contributed by atoms with Gasteiger partial charge in [0.05, 0.1) is 17.2 Å². The molecule has 0 fully saturated rings. The van der Waals surface area contributed by atoms with E-state index in [0.717, 1.165) is 5.69 Å². The normalized spacial score (nSPS) is 12.5. The lowest BCUT2D eigenvalue weighted by Crippen LogP contribution is -2.25. The van der Waals surface area contributed by atoms with E-state index in [2.05, 4.69) is 83.3 Å². The Bertz CT molecular complexity index is 611. The molecule has 1 unspecified atom stereocenters. The van der Waals surface area contributed by atoms with Crippen LogP contribution in [0.15, 0.2) is 71.6 Å². The van der Waals surface area contributed by atoms with Crippen LogP contribution in [0.1, 0.15) is 35.8 Å². The van der Waals surface area contributed by atoms with Gasteiger partial charge in [0.2, 0.25) is 0 Å². The monoisotopic (exact) mass is 294 g/mol. The Morgan fingerprint density at radius 3 is 1.95 bits per heavy atom. The quantitative estimate of drug-likeness (QED) is 0.745. The fourth-order valence-electron chi connectivity index (χ4n) is 2.45. The van der Waals surface area contributed by atoms with Crippen molar-refractivity contribution in [2.24, 2.45) is 0 Å². The second-order valence-electron chi connectivity index (χ2n) is 5.06. The fourth-order valence-corrected chi connectivity index (χ4v) is 3.09. The average Bonchev–Trinajstić information content (AvgIpc) is 3.09. The molecule has 1 aromatic heterocycles. The summed E-state index contributed by atoms with van der Waals surface area (Å²) in [5, 5.41) is 5.80. The molecule has 0 bridgehead atoms. The van der Waals surface area contributed by atoms with Crippen LogP contribution in [0.2, 0.25) is 0 Å². The van der Waals surface area contributed by atoms with Crippen molar-refractivity contribution in [1.82, 2.24) is 10.3 Å². The van der Waals surface area contributed by atoms with E-state index >= 15 is 0 Å². The molecule has 0 saturated heterocycles. The molecule has 106 valence electrons. The molecular weight excluding hydrogens is 276 g/mol. The Labute approximate surface area is 129 Å². The topological polar surface area (TPSA) is 24.9 Å². The number of nitrogens with one attached hydrogen (secondary N) is 1. The van der Waals surface area contributed by atoms with Crippen LogP contribution in [-0.2, 0) is 0 Å². The molecule has 1 N–H and O–H groups in total. The number of nitrogens with zero attached hydrogens (tertiary/aromatic N) is 1. The van der Waals surface area contributed by atoms with Gasteiger partial charge >= 0.3 is 0 Å². The van der Waals surface area contributed by atoms with Crippen molar-refractivity contribution in [3.8, 4) is 0 Å². The summed E-state index contributed by atoms with van der Waals surface area (Å²) >= 11 is 1.64. The van der Waals surface area contributed by atoms with Crippen LogP contribution in [0.3, 0.4) is 0 Å². The van der Waals surface area contributed by atoms with E-state index in [1.165, 1.54) is 11.1 Å². The largest absolute Gasteiger partial charge is 0.298 e. The minimum Gasteiger partial charge on any atom is -0.298 e. The number of thiazole rings is 1. The lowest BCUT2D eigenvalue weighted by molar-refractivity contribution is 0.509. The molecule has 1 heterocycles. The van der Waals surface area contributed by atoms with Gasteiger partial charge in [0.1, 0.15) is 0 Å². The predicted octanol–water partition coefficient (Wildman–Crippen LogP) is 4.58. The minimum atomic E-state index is 0.170. The predicted molar refractivity (Wildman–Crippen MR) is 88.4 cm³/mol. The minimum absolute atomic E-state index is 0.170. The average molecular weight is 294 g/mol. The van der Waals surface area contributed by atoms with Crippen molar-refractivity contribution in [2.75, 3.05) is 0 Å². The zero-order valence-corrected chi connectivity index (χ0v) is 12.8. The van der Waals surface area contributed by atoms with Crippen LogP contribution < -0.4 is 5.32 Å². The van der Waals surface area contributed by atoms with Gasteiger partial charge in [-0.2, -0.15) is 0 Å². The molecular formula is C18H18N2S. The molecule has 1 atom stereocenters. The van der Waals surface area contributed by atoms with Crippen molar-refractivity contribution in [2.45, 2.75) is 19.0 Å². The van der Waals surface area contributed by atoms with E-state index in [-0.39, 0.29) is 12.1 Å². The molecule has 0 amide bonds. The van der Waals surface area contributed by atoms with Crippen LogP contribution in [0.5, 0.6) is 0 Å². The van der Waals surface area contributed by atoms with Gasteiger partial charge < -0.3 is 0 Å². The third kappa shape index (κ3) is 3.38. The molecule has 3 aromatic rings. The van der Waals surface area contributed by atoms with Crippen molar-refractivity contribution in [1.29, 1.82) is 0 Å². The highest BCUT2D eigenvalue weighted by atomic mass is 32.1. The fraction of sp³-hybridized carbons (Fsp3) is 0.167. The number of hydrogen-bond donors (Lipinski definition) is 1. The molecule has 2 nitrogen and oxygen atoms in total. The van der Waals surface area contributed by atoms with Gasteiger partial charge in [-0.1, -0.05) is 60.7 Å². The van der Waals surface area contributed by atoms with Gasteiger partial charge in [-0.05, 0) is 18.1 Å². The molecule has 2 aromatic carbocycles. The maximum Gasteiger partial charge on any atom is 0.0795 e. The Kier molecular flexibility index (Phi) is 4.43. The van der Waals surface area contributed by atoms with Gasteiger partial charge in [0.25, 0.3) is 0 Å². The molecule has 0 aliphatic carbocycles. The first-order valence-electron chi connectivity index (χ1n) is 7.08. The Morgan fingerprint density at radius 1 is 0.905 bits per heavy atom. The lowest BCUT2D eigenvalue weighted by Gasteiger charge is -2.23. The van der Waals surface area contributed by atoms with E-state index in [0.29, 0.717) is 0 Å². The van der Waals surface area contributed by atoms with Gasteiger partial charge in [-0.3, -0.25) is 5.32 Å². The summed E-state index contributed by atoms with van der Waals surface area (Å²) in [6.45, 7) is 2.16. The molecule has 0 saturated carbocycles. The first-order valence-corrected chi connectivity index (χ1v) is 8.03. The van der Waals surface area contributed by atoms with E-state index in [4.69, 9.17) is 0 Å². The second-order valence-corrected chi connectivity index (χ2v) is 5.77. The summed E-state index contributed by atoms with van der Waals surface area (Å²) in [6, 6.07) is 21.5. The number of rotatable bonds is 5. The number of aromatic nitrogens is 1. The Hall–Kier alpha value is -1.97. The molecule has 3 rings (SSSR count). The van der Waals surface area contributed by atoms with Crippen LogP contribution in [0.25, 0.3) is 0 Å². The van der Waals surface area contributed by atoms with Crippen LogP contribution in [0.4, 0.5) is 0 Å². The Morgan fingerprint density at radius 2 is 1.48 bits per heavy atom. The molecule has 0 radical (unpaired) electrons. The number of benzene rings is 2. The lowest BCUT2D eigenvalue weighted by atomic mass is 9.97. The first kappa shape index (κ1) is 14.0. The SMILES string of the molecule is CC(NC(c1ccccc1)c1ccccc1)c1cscn1. The van der Waals surface area contributed by atoms with E-state index in [1.54, 1.807) is 11.3 Å². The molecule has 0 aliphatic rings. The summed E-state index contributed by atoms with van der Waals surface area (Å²) in [6.07, 6.45) is 0. The summed E-state index contributed by atoms with van der Waals surface area (Å²) in [5.41, 5.74) is 5.52. The van der Waals surface area contributed by atoms with Crippen molar-refractivity contribution < 1.29 is 0 Å². The van der Waals surface area contributed by atoms with E-state index in [1.807, 2.05) is 5.51 Å². The maximum atomic E-state index is 4.41. The van der Waals surface area contributed by atoms with Crippen molar-refractivity contribution >= 4 is 11.3 Å². The van der Waals surface area contributed by atoms with Crippen LogP contribution >= 0.6 is 11.3 Å². The van der Waals surface area contributed by atoms with E-state index in [9.17, 15) is 0 Å². The highest BCUT2D eigenvalue weighted by Gasteiger charge is 2.17. The second kappa shape index (κ2) is 6.66. The van der Waals surface area contributed by atoms with Crippen molar-refractivity contribution in [3.05, 3.63) is 88.4 Å². The van der Waals surface area contributed by atoms with Gasteiger partial charge in [0.15, 0.2) is 0 Å². The number of hydrogen-bond acceptors (Lipinski definition) is 3. The van der Waals surface area contributed by atoms with Crippen molar-refractivity contribution in [3.63, 3.8) is 0 Å². The van der Waals surface area contributed by atoms with Crippen LogP contribution in [-0.4, -0.2) is 4.98 Å². The summed E-state index contributed by atoms with van der Waals surface area (Å²) in [5.74, 6) is 0. The van der Waals surface area contributed by atoms with Gasteiger partial charge in [0, 0.05) is 11.4 Å². The Balaban J connectivity index is 1.90.